The summed E-state index contributed by atoms with van der Waals surface area (Å²) < 4.78 is 7.36. The van der Waals surface area contributed by atoms with Gasteiger partial charge in [0.2, 0.25) is 0 Å². The molecule has 1 fully saturated rings. The molecule has 9 heteroatoms. The Bertz CT molecular complexity index is 1030. The Labute approximate surface area is 179 Å². The number of aryl methyl sites for hydroxylation is 1. The number of halogens is 2. The number of amides is 2. The van der Waals surface area contributed by atoms with Crippen molar-refractivity contribution < 1.29 is 19.1 Å². The molecule has 0 spiro atoms. The van der Waals surface area contributed by atoms with Crippen LogP contribution < -0.4 is 0 Å². The van der Waals surface area contributed by atoms with Crippen LogP contribution in [0.1, 0.15) is 17.0 Å². The first-order valence-corrected chi connectivity index (χ1v) is 10.2. The van der Waals surface area contributed by atoms with E-state index in [9.17, 15) is 14.4 Å². The van der Waals surface area contributed by atoms with E-state index in [1.165, 1.54) is 7.11 Å². The van der Waals surface area contributed by atoms with E-state index in [2.05, 4.69) is 20.7 Å². The number of hydrogen-bond acceptors (Lipinski definition) is 5. The van der Waals surface area contributed by atoms with Gasteiger partial charge in [-0.1, -0.05) is 11.6 Å². The minimum atomic E-state index is -0.645. The van der Waals surface area contributed by atoms with Crippen LogP contribution in [-0.2, 0) is 14.3 Å². The highest BCUT2D eigenvalue weighted by atomic mass is 79.9. The molecule has 0 aliphatic carbocycles. The number of methoxy groups -OCH3 is 1. The number of hydrogen-bond donors (Lipinski definition) is 0. The number of esters is 1. The predicted octanol–water partition coefficient (Wildman–Crippen LogP) is 4.72. The average Bonchev–Trinajstić information content (AvgIpc) is 3.07. The van der Waals surface area contributed by atoms with Crippen molar-refractivity contribution in [2.75, 3.05) is 13.7 Å². The molecular formula is C19H16BrClN2O4S. The van der Waals surface area contributed by atoms with Crippen molar-refractivity contribution in [3.8, 4) is 5.69 Å². The van der Waals surface area contributed by atoms with Gasteiger partial charge >= 0.3 is 5.97 Å². The van der Waals surface area contributed by atoms with Gasteiger partial charge in [-0.05, 0) is 77.4 Å². The van der Waals surface area contributed by atoms with Gasteiger partial charge in [0, 0.05) is 21.5 Å². The number of rotatable bonds is 4. The number of thioether (sulfide) groups is 1. The first kappa shape index (κ1) is 20.7. The molecule has 1 aliphatic heterocycles. The molecule has 2 amide bonds. The fourth-order valence-electron chi connectivity index (χ4n) is 2.93. The molecule has 1 aromatic heterocycles. The van der Waals surface area contributed by atoms with Gasteiger partial charge in [-0.25, -0.2) is 0 Å². The van der Waals surface area contributed by atoms with Crippen molar-refractivity contribution >= 4 is 62.5 Å². The topological polar surface area (TPSA) is 68.6 Å². The molecule has 1 aromatic carbocycles. The second-order valence-electron chi connectivity index (χ2n) is 6.10. The summed E-state index contributed by atoms with van der Waals surface area (Å²) in [7, 11) is 1.21. The number of imide groups is 1. The number of carbonyl (C=O) groups is 3. The van der Waals surface area contributed by atoms with E-state index in [-0.39, 0.29) is 4.91 Å². The molecular weight excluding hydrogens is 468 g/mol. The number of carbonyl (C=O) groups excluding carboxylic acids is 3. The standard InChI is InChI=1S/C19H16BrClN2O4S/c1-10-6-12(11(2)23(10)13-4-5-14(20)15(21)8-13)7-16-18(25)22(19(26)28-16)9-17(24)27-3/h4-8H,9H2,1-3H3. The second kappa shape index (κ2) is 8.14. The van der Waals surface area contributed by atoms with Crippen molar-refractivity contribution in [2.24, 2.45) is 0 Å². The number of ether oxygens (including phenoxy) is 1. The van der Waals surface area contributed by atoms with Gasteiger partial charge in [-0.2, -0.15) is 0 Å². The quantitative estimate of drug-likeness (QED) is 0.465. The summed E-state index contributed by atoms with van der Waals surface area (Å²) in [5, 5.41) is 0.102. The zero-order chi connectivity index (χ0) is 20.6. The normalized spacial score (nSPS) is 15.6. The molecule has 0 bridgehead atoms. The van der Waals surface area contributed by atoms with Crippen LogP contribution in [0.3, 0.4) is 0 Å². The SMILES string of the molecule is COC(=O)CN1C(=O)SC(=Cc2cc(C)n(-c3ccc(Br)c(Cl)c3)c2C)C1=O. The van der Waals surface area contributed by atoms with Gasteiger partial charge in [0.1, 0.15) is 6.54 Å². The van der Waals surface area contributed by atoms with Crippen molar-refractivity contribution in [3.63, 3.8) is 0 Å². The molecule has 146 valence electrons. The summed E-state index contributed by atoms with van der Waals surface area (Å²) in [6.07, 6.45) is 1.67. The van der Waals surface area contributed by atoms with Gasteiger partial charge in [0.25, 0.3) is 11.1 Å². The molecule has 2 aromatic rings. The van der Waals surface area contributed by atoms with E-state index in [1.54, 1.807) is 6.08 Å². The van der Waals surface area contributed by atoms with Gasteiger partial charge in [-0.3, -0.25) is 19.3 Å². The fraction of sp³-hybridized carbons (Fsp3) is 0.211. The fourth-order valence-corrected chi connectivity index (χ4v) is 4.18. The number of nitrogens with zero attached hydrogens (tertiary/aromatic N) is 2. The molecule has 0 radical (unpaired) electrons. The molecule has 1 aliphatic rings. The predicted molar refractivity (Wildman–Crippen MR) is 113 cm³/mol. The number of aromatic nitrogens is 1. The summed E-state index contributed by atoms with van der Waals surface area (Å²) in [6, 6.07) is 7.58. The van der Waals surface area contributed by atoms with Crippen LogP contribution in [0.25, 0.3) is 11.8 Å². The lowest BCUT2D eigenvalue weighted by Crippen LogP contribution is -2.34. The summed E-state index contributed by atoms with van der Waals surface area (Å²) in [6.45, 7) is 3.48. The minimum absolute atomic E-state index is 0.267. The van der Waals surface area contributed by atoms with E-state index < -0.39 is 23.7 Å². The van der Waals surface area contributed by atoms with Crippen molar-refractivity contribution in [2.45, 2.75) is 13.8 Å². The van der Waals surface area contributed by atoms with E-state index in [1.807, 2.05) is 42.7 Å². The molecule has 6 nitrogen and oxygen atoms in total. The monoisotopic (exact) mass is 482 g/mol. The molecule has 0 N–H and O–H groups in total. The Balaban J connectivity index is 1.95. The summed E-state index contributed by atoms with van der Waals surface area (Å²) in [5.74, 6) is -1.15. The van der Waals surface area contributed by atoms with Crippen LogP contribution in [0.15, 0.2) is 33.6 Å². The second-order valence-corrected chi connectivity index (χ2v) is 8.36. The van der Waals surface area contributed by atoms with Crippen molar-refractivity contribution in [3.05, 3.63) is 55.6 Å². The summed E-state index contributed by atoms with van der Waals surface area (Å²) >= 11 is 10.4. The lowest BCUT2D eigenvalue weighted by Gasteiger charge is -2.11. The van der Waals surface area contributed by atoms with Gasteiger partial charge in [-0.15, -0.1) is 0 Å². The van der Waals surface area contributed by atoms with Gasteiger partial charge in [0.15, 0.2) is 0 Å². The lowest BCUT2D eigenvalue weighted by molar-refractivity contribution is -0.143. The zero-order valence-electron chi connectivity index (χ0n) is 15.3. The highest BCUT2D eigenvalue weighted by Gasteiger charge is 2.36. The minimum Gasteiger partial charge on any atom is -0.468 e. The maximum absolute atomic E-state index is 12.5. The van der Waals surface area contributed by atoms with Crippen LogP contribution in [0.5, 0.6) is 0 Å². The highest BCUT2D eigenvalue weighted by molar-refractivity contribution is 9.10. The molecule has 0 saturated carbocycles. The Morgan fingerprint density at radius 2 is 2.00 bits per heavy atom. The molecule has 0 atom stereocenters. The van der Waals surface area contributed by atoms with Crippen LogP contribution in [0.2, 0.25) is 5.02 Å². The first-order valence-electron chi connectivity index (χ1n) is 8.19. The Hall–Kier alpha value is -2.03. The lowest BCUT2D eigenvalue weighted by atomic mass is 10.2. The maximum Gasteiger partial charge on any atom is 0.325 e. The Kier molecular flexibility index (Phi) is 6.02. The Morgan fingerprint density at radius 3 is 2.64 bits per heavy atom. The van der Waals surface area contributed by atoms with E-state index in [0.29, 0.717) is 5.02 Å². The molecule has 3 rings (SSSR count). The average molecular weight is 484 g/mol. The van der Waals surface area contributed by atoms with E-state index in [0.717, 1.165) is 43.8 Å². The third-order valence-corrected chi connectivity index (χ3v) is 6.45. The molecule has 1 saturated heterocycles. The highest BCUT2D eigenvalue weighted by Crippen LogP contribution is 2.34. The van der Waals surface area contributed by atoms with E-state index in [4.69, 9.17) is 11.6 Å². The zero-order valence-corrected chi connectivity index (χ0v) is 18.4. The van der Waals surface area contributed by atoms with Crippen LogP contribution in [0.4, 0.5) is 4.79 Å². The largest absolute Gasteiger partial charge is 0.468 e. The molecule has 0 unspecified atom stereocenters. The third-order valence-electron chi connectivity index (χ3n) is 4.31. The third kappa shape index (κ3) is 3.90. The number of benzene rings is 1. The van der Waals surface area contributed by atoms with Gasteiger partial charge < -0.3 is 9.30 Å². The molecule has 28 heavy (non-hydrogen) atoms. The summed E-state index contributed by atoms with van der Waals surface area (Å²) in [5.41, 5.74) is 3.55. The van der Waals surface area contributed by atoms with Crippen molar-refractivity contribution in [1.29, 1.82) is 0 Å². The maximum atomic E-state index is 12.5. The van der Waals surface area contributed by atoms with Crippen LogP contribution in [0, 0.1) is 13.8 Å². The van der Waals surface area contributed by atoms with Crippen LogP contribution in [-0.4, -0.2) is 40.2 Å². The molecule has 2 heterocycles. The Morgan fingerprint density at radius 1 is 1.29 bits per heavy atom. The van der Waals surface area contributed by atoms with Crippen LogP contribution >= 0.6 is 39.3 Å². The van der Waals surface area contributed by atoms with Gasteiger partial charge in [0.05, 0.1) is 17.0 Å². The summed E-state index contributed by atoms with van der Waals surface area (Å²) in [4.78, 5) is 37.2. The van der Waals surface area contributed by atoms with Crippen molar-refractivity contribution in [1.82, 2.24) is 9.47 Å². The van der Waals surface area contributed by atoms with E-state index >= 15 is 0 Å². The first-order chi connectivity index (χ1) is 13.2. The smallest absolute Gasteiger partial charge is 0.325 e.